The topological polar surface area (TPSA) is 48.7 Å². The maximum atomic E-state index is 11.9. The number of halogens is 1. The molecular weight excluding hydrogens is 480 g/mol. The highest BCUT2D eigenvalue weighted by Crippen LogP contribution is 2.29. The Balaban J connectivity index is 0.000000569. The molecule has 0 unspecified atom stereocenters. The third kappa shape index (κ3) is 8.54. The lowest BCUT2D eigenvalue weighted by Gasteiger charge is -2.14. The molecule has 5 heteroatoms. The quantitative estimate of drug-likeness (QED) is 0.200. The highest BCUT2D eigenvalue weighted by molar-refractivity contribution is 9.10. The van der Waals surface area contributed by atoms with Gasteiger partial charge in [-0.3, -0.25) is 4.79 Å². The van der Waals surface area contributed by atoms with Crippen LogP contribution in [0, 0.1) is 0 Å². The van der Waals surface area contributed by atoms with Crippen LogP contribution in [0.1, 0.15) is 82.9 Å². The molecule has 3 rings (SSSR count). The van der Waals surface area contributed by atoms with Crippen molar-refractivity contribution in [2.45, 2.75) is 79.2 Å². The number of unbranched alkanes of at least 4 members (excludes halogenated alkanes) is 3. The number of carbonyl (C=O) groups is 1. The monoisotopic (exact) mass is 516 g/mol. The van der Waals surface area contributed by atoms with E-state index in [1.807, 2.05) is 36.4 Å². The molecule has 0 aliphatic heterocycles. The van der Waals surface area contributed by atoms with Crippen molar-refractivity contribution in [1.29, 1.82) is 0 Å². The number of ether oxygens (including phenoxy) is 2. The van der Waals surface area contributed by atoms with E-state index in [0.717, 1.165) is 32.1 Å². The second kappa shape index (κ2) is 14.1. The lowest BCUT2D eigenvalue weighted by molar-refractivity contribution is -0.142. The minimum atomic E-state index is -0.252. The Kier molecular flexibility index (Phi) is 11.5. The van der Waals surface area contributed by atoms with Crippen molar-refractivity contribution in [3.8, 4) is 5.75 Å². The zero-order chi connectivity index (χ0) is 24.2. The van der Waals surface area contributed by atoms with Crippen LogP contribution in [0.25, 0.3) is 11.0 Å². The second-order valence-electron chi connectivity index (χ2n) is 8.40. The van der Waals surface area contributed by atoms with E-state index in [2.05, 4.69) is 43.6 Å². The average molecular weight is 518 g/mol. The second-order valence-corrected chi connectivity index (χ2v) is 9.32. The van der Waals surface area contributed by atoms with Crippen LogP contribution in [0.3, 0.4) is 0 Å². The molecule has 0 spiro atoms. The average Bonchev–Trinajstić information content (AvgIpc) is 3.19. The SMILES string of the molecule is CCCCCC.CCOC(=O)Cc1ccc(C(C)C)cc1OCc1coc2ccc(Br)cc12. The van der Waals surface area contributed by atoms with E-state index in [1.165, 1.54) is 25.7 Å². The fourth-order valence-corrected chi connectivity index (χ4v) is 3.76. The highest BCUT2D eigenvalue weighted by Gasteiger charge is 2.14. The van der Waals surface area contributed by atoms with Crippen molar-refractivity contribution in [3.05, 3.63) is 63.8 Å². The van der Waals surface area contributed by atoms with Gasteiger partial charge in [-0.25, -0.2) is 0 Å². The van der Waals surface area contributed by atoms with Crippen LogP contribution in [0.15, 0.2) is 51.6 Å². The predicted octanol–water partition coefficient (Wildman–Crippen LogP) is 8.59. The van der Waals surface area contributed by atoms with Gasteiger partial charge in [0.05, 0.1) is 19.3 Å². The van der Waals surface area contributed by atoms with Crippen molar-refractivity contribution in [3.63, 3.8) is 0 Å². The first kappa shape index (κ1) is 27.0. The molecule has 0 radical (unpaired) electrons. The fraction of sp³-hybridized carbons (Fsp3) is 0.464. The molecule has 0 saturated carbocycles. The van der Waals surface area contributed by atoms with Gasteiger partial charge in [-0.15, -0.1) is 0 Å². The zero-order valence-electron chi connectivity index (χ0n) is 20.6. The molecule has 0 aliphatic rings. The van der Waals surface area contributed by atoms with Gasteiger partial charge in [-0.2, -0.15) is 0 Å². The molecular formula is C28H37BrO4. The number of benzene rings is 2. The maximum Gasteiger partial charge on any atom is 0.310 e. The Bertz CT molecular complexity index is 1000. The summed E-state index contributed by atoms with van der Waals surface area (Å²) >= 11 is 3.49. The largest absolute Gasteiger partial charge is 0.488 e. The third-order valence-electron chi connectivity index (χ3n) is 5.35. The smallest absolute Gasteiger partial charge is 0.310 e. The van der Waals surface area contributed by atoms with E-state index in [1.54, 1.807) is 13.2 Å². The van der Waals surface area contributed by atoms with Crippen LogP contribution >= 0.6 is 15.9 Å². The van der Waals surface area contributed by atoms with Crippen LogP contribution in [-0.2, 0) is 22.6 Å². The molecule has 0 aliphatic carbocycles. The van der Waals surface area contributed by atoms with Crippen LogP contribution < -0.4 is 4.74 Å². The van der Waals surface area contributed by atoms with E-state index in [-0.39, 0.29) is 12.4 Å². The summed E-state index contributed by atoms with van der Waals surface area (Å²) in [7, 11) is 0. The van der Waals surface area contributed by atoms with Crippen LogP contribution in [0.2, 0.25) is 0 Å². The lowest BCUT2D eigenvalue weighted by Crippen LogP contribution is -2.09. The Morgan fingerprint density at radius 2 is 1.73 bits per heavy atom. The highest BCUT2D eigenvalue weighted by atomic mass is 79.9. The predicted molar refractivity (Wildman–Crippen MR) is 139 cm³/mol. The number of esters is 1. The van der Waals surface area contributed by atoms with Gasteiger partial charge in [0.15, 0.2) is 0 Å². The molecule has 0 saturated heterocycles. The molecule has 1 heterocycles. The standard InChI is InChI=1S/C22H23BrO4.C6H14/c1-4-25-22(24)10-16-6-5-15(14(2)3)9-21(16)27-13-17-12-26-20-8-7-18(23)11-19(17)20;1-3-5-6-4-2/h5-9,11-12,14H,4,10,13H2,1-3H3;3-6H2,1-2H3. The normalized spacial score (nSPS) is 10.8. The molecule has 0 atom stereocenters. The van der Waals surface area contributed by atoms with E-state index >= 15 is 0 Å². The number of hydrogen-bond donors (Lipinski definition) is 0. The molecule has 4 nitrogen and oxygen atoms in total. The van der Waals surface area contributed by atoms with E-state index < -0.39 is 0 Å². The number of rotatable bonds is 10. The van der Waals surface area contributed by atoms with Crippen molar-refractivity contribution < 1.29 is 18.7 Å². The number of hydrogen-bond acceptors (Lipinski definition) is 4. The molecule has 33 heavy (non-hydrogen) atoms. The summed E-state index contributed by atoms with van der Waals surface area (Å²) < 4.78 is 17.8. The van der Waals surface area contributed by atoms with Gasteiger partial charge in [0.25, 0.3) is 0 Å². The van der Waals surface area contributed by atoms with Gasteiger partial charge in [0.2, 0.25) is 0 Å². The van der Waals surface area contributed by atoms with Gasteiger partial charge in [0, 0.05) is 21.0 Å². The van der Waals surface area contributed by atoms with Gasteiger partial charge < -0.3 is 13.9 Å². The number of fused-ring (bicyclic) bond motifs is 1. The summed E-state index contributed by atoms with van der Waals surface area (Å²) in [5.41, 5.74) is 3.77. The maximum absolute atomic E-state index is 11.9. The molecule has 0 fully saturated rings. The van der Waals surface area contributed by atoms with E-state index in [4.69, 9.17) is 13.9 Å². The first-order chi connectivity index (χ1) is 15.9. The summed E-state index contributed by atoms with van der Waals surface area (Å²) in [6, 6.07) is 11.9. The van der Waals surface area contributed by atoms with Crippen molar-refractivity contribution >= 4 is 32.9 Å². The molecule has 3 aromatic rings. The van der Waals surface area contributed by atoms with Gasteiger partial charge in [-0.1, -0.05) is 81.4 Å². The Morgan fingerprint density at radius 3 is 2.36 bits per heavy atom. The first-order valence-corrected chi connectivity index (χ1v) is 12.8. The summed E-state index contributed by atoms with van der Waals surface area (Å²) in [5.74, 6) is 0.825. The van der Waals surface area contributed by atoms with Crippen LogP contribution in [0.4, 0.5) is 0 Å². The molecule has 0 N–H and O–H groups in total. The fourth-order valence-electron chi connectivity index (χ4n) is 3.40. The summed E-state index contributed by atoms with van der Waals surface area (Å²) in [4.78, 5) is 11.9. The molecule has 0 amide bonds. The van der Waals surface area contributed by atoms with E-state index in [0.29, 0.717) is 24.9 Å². The zero-order valence-corrected chi connectivity index (χ0v) is 22.2. The molecule has 1 aromatic heterocycles. The van der Waals surface area contributed by atoms with Crippen LogP contribution in [0.5, 0.6) is 5.75 Å². The lowest BCUT2D eigenvalue weighted by atomic mass is 10.00. The minimum Gasteiger partial charge on any atom is -0.488 e. The number of furan rings is 1. The number of carbonyl (C=O) groups excluding carboxylic acids is 1. The molecule has 180 valence electrons. The van der Waals surface area contributed by atoms with Gasteiger partial charge in [0.1, 0.15) is 17.9 Å². The summed E-state index contributed by atoms with van der Waals surface area (Å²) in [6.45, 7) is 11.3. The third-order valence-corrected chi connectivity index (χ3v) is 5.85. The minimum absolute atomic E-state index is 0.194. The Labute approximate surface area is 206 Å². The summed E-state index contributed by atoms with van der Waals surface area (Å²) in [6.07, 6.45) is 7.45. The van der Waals surface area contributed by atoms with Crippen LogP contribution in [-0.4, -0.2) is 12.6 Å². The first-order valence-electron chi connectivity index (χ1n) is 12.0. The van der Waals surface area contributed by atoms with Gasteiger partial charge in [-0.05, 0) is 42.7 Å². The molecule has 2 aromatic carbocycles. The van der Waals surface area contributed by atoms with Crippen molar-refractivity contribution in [1.82, 2.24) is 0 Å². The Morgan fingerprint density at radius 1 is 1.00 bits per heavy atom. The summed E-state index contributed by atoms with van der Waals surface area (Å²) in [5, 5.41) is 1.01. The van der Waals surface area contributed by atoms with Crippen molar-refractivity contribution in [2.24, 2.45) is 0 Å². The Hall–Kier alpha value is -2.27. The molecule has 0 bridgehead atoms. The van der Waals surface area contributed by atoms with Crippen molar-refractivity contribution in [2.75, 3.05) is 6.61 Å². The van der Waals surface area contributed by atoms with E-state index in [9.17, 15) is 4.79 Å². The van der Waals surface area contributed by atoms with Gasteiger partial charge >= 0.3 is 5.97 Å².